The number of aromatic nitrogens is 2. The van der Waals surface area contributed by atoms with Crippen molar-refractivity contribution in [3.8, 4) is 10.6 Å². The van der Waals surface area contributed by atoms with Crippen molar-refractivity contribution < 1.29 is 9.18 Å². The summed E-state index contributed by atoms with van der Waals surface area (Å²) in [5, 5.41) is 6.90. The van der Waals surface area contributed by atoms with Crippen LogP contribution in [0.15, 0.2) is 29.6 Å². The molecule has 0 aliphatic heterocycles. The second-order valence-corrected chi connectivity index (χ2v) is 7.98. The minimum absolute atomic E-state index is 0.0987. The fraction of sp³-hybridized carbons (Fsp3) is 0.316. The average Bonchev–Trinajstić information content (AvgIpc) is 3.21. The maximum absolute atomic E-state index is 13.0. The smallest absolute Gasteiger partial charge is 0.263 e. The summed E-state index contributed by atoms with van der Waals surface area (Å²) in [6.07, 6.45) is 2.85. The van der Waals surface area contributed by atoms with E-state index in [9.17, 15) is 9.18 Å². The molecule has 1 aromatic carbocycles. The lowest BCUT2D eigenvalue weighted by molar-refractivity contribution is 0.0956. The fourth-order valence-electron chi connectivity index (χ4n) is 2.52. The number of halogens is 1. The van der Waals surface area contributed by atoms with Crippen LogP contribution in [0.2, 0.25) is 0 Å². The predicted octanol–water partition coefficient (Wildman–Crippen LogP) is 4.78. The molecular formula is C19H20FN3OS2. The van der Waals surface area contributed by atoms with Crippen molar-refractivity contribution in [3.05, 3.63) is 56.7 Å². The third-order valence-corrected chi connectivity index (χ3v) is 6.10. The molecule has 0 saturated heterocycles. The Kier molecular flexibility index (Phi) is 6.11. The molecule has 0 atom stereocenters. The van der Waals surface area contributed by atoms with Gasteiger partial charge in [0.25, 0.3) is 5.91 Å². The summed E-state index contributed by atoms with van der Waals surface area (Å²) >= 11 is 3.02. The zero-order valence-corrected chi connectivity index (χ0v) is 16.3. The van der Waals surface area contributed by atoms with Crippen molar-refractivity contribution in [2.45, 2.75) is 33.1 Å². The number of unbranched alkanes of at least 4 members (excludes halogenated alkanes) is 1. The van der Waals surface area contributed by atoms with E-state index in [4.69, 9.17) is 0 Å². The minimum atomic E-state index is -0.284. The van der Waals surface area contributed by atoms with Crippen molar-refractivity contribution in [2.75, 3.05) is 6.54 Å². The Balaban J connectivity index is 1.50. The van der Waals surface area contributed by atoms with Crippen LogP contribution in [0.3, 0.4) is 0 Å². The molecule has 0 aliphatic rings. The van der Waals surface area contributed by atoms with Gasteiger partial charge in [0.2, 0.25) is 0 Å². The first-order valence-electron chi connectivity index (χ1n) is 8.45. The zero-order valence-electron chi connectivity index (χ0n) is 14.7. The maximum Gasteiger partial charge on any atom is 0.263 e. The molecule has 1 N–H and O–H groups in total. The highest BCUT2D eigenvalue weighted by atomic mass is 32.1. The predicted molar refractivity (Wildman–Crippen MR) is 104 cm³/mol. The highest BCUT2D eigenvalue weighted by Crippen LogP contribution is 2.28. The lowest BCUT2D eigenvalue weighted by Gasteiger charge is -2.03. The van der Waals surface area contributed by atoms with Crippen LogP contribution in [0.4, 0.5) is 4.39 Å². The summed E-state index contributed by atoms with van der Waals surface area (Å²) in [6, 6.07) is 6.15. The molecule has 0 fully saturated rings. The van der Waals surface area contributed by atoms with Gasteiger partial charge in [-0.25, -0.2) is 14.4 Å². The van der Waals surface area contributed by atoms with Gasteiger partial charge >= 0.3 is 0 Å². The first-order chi connectivity index (χ1) is 12.5. The van der Waals surface area contributed by atoms with Gasteiger partial charge in [0.15, 0.2) is 0 Å². The monoisotopic (exact) mass is 389 g/mol. The first kappa shape index (κ1) is 18.7. The molecule has 0 spiro atoms. The standard InChI is InChI=1S/C19H20FN3OS2/c1-12-11-25-16(22-12)5-3-4-10-21-18(24)17-13(2)23-19(26-17)14-6-8-15(20)9-7-14/h6-9,11H,3-5,10H2,1-2H3,(H,21,24). The normalized spacial score (nSPS) is 10.9. The Bertz CT molecular complexity index is 887. The van der Waals surface area contributed by atoms with E-state index in [1.807, 2.05) is 13.8 Å². The quantitative estimate of drug-likeness (QED) is 0.592. The van der Waals surface area contributed by atoms with Gasteiger partial charge in [-0.05, 0) is 57.4 Å². The van der Waals surface area contributed by atoms with Crippen LogP contribution in [0.5, 0.6) is 0 Å². The van der Waals surface area contributed by atoms with Crippen molar-refractivity contribution in [3.63, 3.8) is 0 Å². The summed E-state index contributed by atoms with van der Waals surface area (Å²) < 4.78 is 13.0. The van der Waals surface area contributed by atoms with Crippen LogP contribution < -0.4 is 5.32 Å². The van der Waals surface area contributed by atoms with E-state index in [0.29, 0.717) is 17.1 Å². The van der Waals surface area contributed by atoms with E-state index in [1.54, 1.807) is 23.5 Å². The lowest BCUT2D eigenvalue weighted by Crippen LogP contribution is -2.24. The van der Waals surface area contributed by atoms with E-state index in [-0.39, 0.29) is 11.7 Å². The van der Waals surface area contributed by atoms with Crippen LogP contribution in [0.25, 0.3) is 10.6 Å². The molecule has 0 aliphatic carbocycles. The Morgan fingerprint density at radius 2 is 1.92 bits per heavy atom. The van der Waals surface area contributed by atoms with Crippen LogP contribution in [-0.4, -0.2) is 22.4 Å². The molecule has 0 unspecified atom stereocenters. The number of nitrogens with one attached hydrogen (secondary N) is 1. The third-order valence-electron chi connectivity index (χ3n) is 3.86. The van der Waals surface area contributed by atoms with Crippen LogP contribution in [0, 0.1) is 19.7 Å². The Labute approximate surface area is 160 Å². The molecule has 3 aromatic rings. The van der Waals surface area contributed by atoms with Gasteiger partial charge in [0.1, 0.15) is 15.7 Å². The minimum Gasteiger partial charge on any atom is -0.351 e. The topological polar surface area (TPSA) is 54.9 Å². The maximum atomic E-state index is 13.0. The van der Waals surface area contributed by atoms with Crippen molar-refractivity contribution >= 4 is 28.6 Å². The van der Waals surface area contributed by atoms with E-state index >= 15 is 0 Å². The second kappa shape index (κ2) is 8.51. The van der Waals surface area contributed by atoms with E-state index in [0.717, 1.165) is 40.5 Å². The summed E-state index contributed by atoms with van der Waals surface area (Å²) in [6.45, 7) is 4.45. The number of hydrogen-bond donors (Lipinski definition) is 1. The molecule has 26 heavy (non-hydrogen) atoms. The fourth-order valence-corrected chi connectivity index (χ4v) is 4.33. The summed E-state index contributed by atoms with van der Waals surface area (Å²) in [5.74, 6) is -0.383. The molecule has 4 nitrogen and oxygen atoms in total. The van der Waals surface area contributed by atoms with Crippen LogP contribution in [0.1, 0.15) is 38.9 Å². The van der Waals surface area contributed by atoms with E-state index in [1.165, 1.54) is 23.5 Å². The Morgan fingerprint density at radius 3 is 2.62 bits per heavy atom. The number of benzene rings is 1. The number of thiazole rings is 2. The van der Waals surface area contributed by atoms with Crippen molar-refractivity contribution in [2.24, 2.45) is 0 Å². The van der Waals surface area contributed by atoms with Crippen LogP contribution >= 0.6 is 22.7 Å². The zero-order chi connectivity index (χ0) is 18.5. The molecular weight excluding hydrogens is 369 g/mol. The van der Waals surface area contributed by atoms with Crippen molar-refractivity contribution in [1.82, 2.24) is 15.3 Å². The average molecular weight is 390 g/mol. The third kappa shape index (κ3) is 4.74. The molecule has 0 radical (unpaired) electrons. The lowest BCUT2D eigenvalue weighted by atomic mass is 10.2. The van der Waals surface area contributed by atoms with Gasteiger partial charge in [-0.15, -0.1) is 22.7 Å². The van der Waals surface area contributed by atoms with Crippen molar-refractivity contribution in [1.29, 1.82) is 0 Å². The molecule has 0 saturated carbocycles. The number of carbonyl (C=O) groups excluding carboxylic acids is 1. The van der Waals surface area contributed by atoms with Gasteiger partial charge in [-0.2, -0.15) is 0 Å². The highest BCUT2D eigenvalue weighted by molar-refractivity contribution is 7.17. The summed E-state index contributed by atoms with van der Waals surface area (Å²) in [4.78, 5) is 21.9. The van der Waals surface area contributed by atoms with Gasteiger partial charge in [0, 0.05) is 23.2 Å². The SMILES string of the molecule is Cc1csc(CCCCNC(=O)c2sc(-c3ccc(F)cc3)nc2C)n1. The largest absolute Gasteiger partial charge is 0.351 e. The number of hydrogen-bond acceptors (Lipinski definition) is 5. The molecule has 3 rings (SSSR count). The van der Waals surface area contributed by atoms with Gasteiger partial charge in [0.05, 0.1) is 10.7 Å². The second-order valence-electron chi connectivity index (χ2n) is 6.04. The van der Waals surface area contributed by atoms with E-state index < -0.39 is 0 Å². The summed E-state index contributed by atoms with van der Waals surface area (Å²) in [7, 11) is 0. The molecule has 7 heteroatoms. The number of carbonyl (C=O) groups is 1. The number of rotatable bonds is 7. The molecule has 136 valence electrons. The summed E-state index contributed by atoms with van der Waals surface area (Å²) in [5.41, 5.74) is 2.58. The number of aryl methyl sites for hydroxylation is 3. The Hall–Kier alpha value is -2.12. The molecule has 2 heterocycles. The van der Waals surface area contributed by atoms with Crippen LogP contribution in [-0.2, 0) is 6.42 Å². The van der Waals surface area contributed by atoms with Gasteiger partial charge in [-0.3, -0.25) is 4.79 Å². The molecule has 1 amide bonds. The molecule has 0 bridgehead atoms. The first-order valence-corrected chi connectivity index (χ1v) is 10.1. The van der Waals surface area contributed by atoms with E-state index in [2.05, 4.69) is 20.7 Å². The van der Waals surface area contributed by atoms with Gasteiger partial charge in [-0.1, -0.05) is 0 Å². The van der Waals surface area contributed by atoms with Gasteiger partial charge < -0.3 is 5.32 Å². The number of amides is 1. The number of nitrogens with zero attached hydrogens (tertiary/aromatic N) is 2. The highest BCUT2D eigenvalue weighted by Gasteiger charge is 2.15. The Morgan fingerprint density at radius 1 is 1.15 bits per heavy atom. The molecule has 2 aromatic heterocycles.